The van der Waals surface area contributed by atoms with Gasteiger partial charge < -0.3 is 10.2 Å². The Morgan fingerprint density at radius 3 is 2.35 bits per heavy atom. The van der Waals surface area contributed by atoms with Gasteiger partial charge in [-0.1, -0.05) is 18.2 Å². The Morgan fingerprint density at radius 1 is 1.00 bits per heavy atom. The Morgan fingerprint density at radius 2 is 1.70 bits per heavy atom. The molecule has 1 atom stereocenters. The van der Waals surface area contributed by atoms with E-state index >= 15 is 0 Å². The first kappa shape index (κ1) is 16.6. The van der Waals surface area contributed by atoms with Gasteiger partial charge in [-0.2, -0.15) is 13.2 Å². The van der Waals surface area contributed by atoms with Crippen LogP contribution in [0.5, 0.6) is 0 Å². The summed E-state index contributed by atoms with van der Waals surface area (Å²) >= 11 is 0. The molecular weight excluding hydrogens is 301 g/mol. The van der Waals surface area contributed by atoms with Crippen LogP contribution in [0.1, 0.15) is 32.1 Å². The van der Waals surface area contributed by atoms with Gasteiger partial charge in [0.25, 0.3) is 0 Å². The molecule has 1 aliphatic carbocycles. The normalized spacial score (nSPS) is 29.0. The van der Waals surface area contributed by atoms with Crippen molar-refractivity contribution in [2.45, 2.75) is 44.3 Å². The van der Waals surface area contributed by atoms with Crippen molar-refractivity contribution in [3.05, 3.63) is 30.3 Å². The fourth-order valence-corrected chi connectivity index (χ4v) is 3.83. The fourth-order valence-electron chi connectivity index (χ4n) is 3.83. The zero-order chi connectivity index (χ0) is 16.3. The summed E-state index contributed by atoms with van der Waals surface area (Å²) in [6.45, 7) is 2.89. The van der Waals surface area contributed by atoms with Crippen molar-refractivity contribution in [1.29, 1.82) is 0 Å². The highest BCUT2D eigenvalue weighted by atomic mass is 19.4. The van der Waals surface area contributed by atoms with E-state index in [1.807, 2.05) is 6.07 Å². The second-order valence-electron chi connectivity index (χ2n) is 6.93. The number of nitrogens with zero attached hydrogens (tertiary/aromatic N) is 1. The molecule has 1 unspecified atom stereocenters. The van der Waals surface area contributed by atoms with E-state index in [1.165, 1.54) is 5.69 Å². The monoisotopic (exact) mass is 326 g/mol. The minimum atomic E-state index is -4.00. The number of rotatable bonds is 4. The molecule has 1 aromatic carbocycles. The molecule has 128 valence electrons. The molecule has 0 bridgehead atoms. The van der Waals surface area contributed by atoms with E-state index in [-0.39, 0.29) is 0 Å². The number of alkyl halides is 3. The van der Waals surface area contributed by atoms with Gasteiger partial charge in [-0.25, -0.2) is 0 Å². The molecule has 0 amide bonds. The molecule has 1 N–H and O–H groups in total. The number of halogens is 3. The molecule has 3 rings (SSSR count). The summed E-state index contributed by atoms with van der Waals surface area (Å²) in [5.74, 6) is -0.668. The molecule has 1 aliphatic heterocycles. The third kappa shape index (κ3) is 4.40. The predicted molar refractivity (Wildman–Crippen MR) is 86.6 cm³/mol. The van der Waals surface area contributed by atoms with Gasteiger partial charge in [-0.05, 0) is 56.7 Å². The highest BCUT2D eigenvalue weighted by molar-refractivity contribution is 5.47. The molecule has 1 aromatic rings. The number of para-hydroxylation sites is 1. The van der Waals surface area contributed by atoms with Crippen LogP contribution in [0.4, 0.5) is 18.9 Å². The molecule has 2 aliphatic rings. The van der Waals surface area contributed by atoms with Crippen molar-refractivity contribution in [3.63, 3.8) is 0 Å². The maximum Gasteiger partial charge on any atom is 0.391 e. The van der Waals surface area contributed by atoms with Gasteiger partial charge in [0, 0.05) is 24.8 Å². The summed E-state index contributed by atoms with van der Waals surface area (Å²) < 4.78 is 38.0. The quantitative estimate of drug-likeness (QED) is 0.891. The summed E-state index contributed by atoms with van der Waals surface area (Å²) in [4.78, 5) is 2.37. The lowest BCUT2D eigenvalue weighted by atomic mass is 9.81. The lowest BCUT2D eigenvalue weighted by Gasteiger charge is -2.30. The third-order valence-corrected chi connectivity index (χ3v) is 5.31. The molecule has 23 heavy (non-hydrogen) atoms. The van der Waals surface area contributed by atoms with Crippen molar-refractivity contribution in [3.8, 4) is 0 Å². The summed E-state index contributed by atoms with van der Waals surface area (Å²) in [7, 11) is 0. The number of hydrogen-bond acceptors (Lipinski definition) is 2. The molecule has 1 heterocycles. The standard InChI is InChI=1S/C18H25F3N2/c19-18(20,21)15-8-6-14(7-9-15)12-22-16-10-11-23(13-16)17-4-2-1-3-5-17/h1-5,14-16,22H,6-13H2. The second kappa shape index (κ2) is 7.12. The van der Waals surface area contributed by atoms with Crippen LogP contribution in [0.2, 0.25) is 0 Å². The zero-order valence-corrected chi connectivity index (χ0v) is 13.4. The van der Waals surface area contributed by atoms with Crippen LogP contribution in [0.3, 0.4) is 0 Å². The highest BCUT2D eigenvalue weighted by Gasteiger charge is 2.41. The van der Waals surface area contributed by atoms with Gasteiger partial charge >= 0.3 is 6.18 Å². The first-order valence-electron chi connectivity index (χ1n) is 8.62. The summed E-state index contributed by atoms with van der Waals surface area (Å²) in [6.07, 6.45) is -0.890. The SMILES string of the molecule is FC(F)(F)C1CCC(CNC2CCN(c3ccccc3)C2)CC1. The molecule has 0 spiro atoms. The van der Waals surface area contributed by atoms with Crippen LogP contribution >= 0.6 is 0 Å². The minimum Gasteiger partial charge on any atom is -0.370 e. The number of hydrogen-bond donors (Lipinski definition) is 1. The Kier molecular flexibility index (Phi) is 5.14. The Balaban J connectivity index is 1.39. The van der Waals surface area contributed by atoms with Gasteiger partial charge in [-0.3, -0.25) is 0 Å². The van der Waals surface area contributed by atoms with Gasteiger partial charge in [0.1, 0.15) is 0 Å². The van der Waals surface area contributed by atoms with Gasteiger partial charge in [0.15, 0.2) is 0 Å². The van der Waals surface area contributed by atoms with Crippen LogP contribution in [-0.4, -0.2) is 31.9 Å². The Labute approximate surface area is 136 Å². The molecule has 1 saturated carbocycles. The van der Waals surface area contributed by atoms with E-state index in [0.29, 0.717) is 37.6 Å². The van der Waals surface area contributed by atoms with Crippen molar-refractivity contribution in [2.24, 2.45) is 11.8 Å². The van der Waals surface area contributed by atoms with Crippen molar-refractivity contribution in [2.75, 3.05) is 24.5 Å². The largest absolute Gasteiger partial charge is 0.391 e. The van der Waals surface area contributed by atoms with E-state index in [0.717, 1.165) is 26.1 Å². The number of nitrogens with one attached hydrogen (secondary N) is 1. The van der Waals surface area contributed by atoms with E-state index in [1.54, 1.807) is 0 Å². The molecule has 1 saturated heterocycles. The predicted octanol–water partition coefficient (Wildman–Crippen LogP) is 4.22. The molecule has 2 nitrogen and oxygen atoms in total. The fraction of sp³-hybridized carbons (Fsp3) is 0.667. The molecule has 5 heteroatoms. The smallest absolute Gasteiger partial charge is 0.370 e. The number of benzene rings is 1. The summed E-state index contributed by atoms with van der Waals surface area (Å²) in [6, 6.07) is 10.8. The maximum atomic E-state index is 12.7. The van der Waals surface area contributed by atoms with Crippen LogP contribution in [0, 0.1) is 11.8 Å². The molecule has 0 aromatic heterocycles. The Bertz CT molecular complexity index is 481. The van der Waals surface area contributed by atoms with Gasteiger partial charge in [0.2, 0.25) is 0 Å². The summed E-state index contributed by atoms with van der Waals surface area (Å²) in [5.41, 5.74) is 1.25. The van der Waals surface area contributed by atoms with Crippen molar-refractivity contribution >= 4 is 5.69 Å². The zero-order valence-electron chi connectivity index (χ0n) is 13.4. The van der Waals surface area contributed by atoms with E-state index in [2.05, 4.69) is 34.5 Å². The first-order chi connectivity index (χ1) is 11.0. The van der Waals surface area contributed by atoms with E-state index in [9.17, 15) is 13.2 Å². The maximum absolute atomic E-state index is 12.7. The van der Waals surface area contributed by atoms with Crippen LogP contribution in [0.25, 0.3) is 0 Å². The lowest BCUT2D eigenvalue weighted by molar-refractivity contribution is -0.183. The van der Waals surface area contributed by atoms with Gasteiger partial charge in [0.05, 0.1) is 5.92 Å². The van der Waals surface area contributed by atoms with Crippen LogP contribution in [0.15, 0.2) is 30.3 Å². The molecular formula is C18H25F3N2. The highest BCUT2D eigenvalue weighted by Crippen LogP contribution is 2.39. The van der Waals surface area contributed by atoms with Gasteiger partial charge in [-0.15, -0.1) is 0 Å². The van der Waals surface area contributed by atoms with E-state index in [4.69, 9.17) is 0 Å². The average Bonchev–Trinajstić information content (AvgIpc) is 3.02. The summed E-state index contributed by atoms with van der Waals surface area (Å²) in [5, 5.41) is 3.58. The molecule has 0 radical (unpaired) electrons. The van der Waals surface area contributed by atoms with E-state index < -0.39 is 12.1 Å². The Hall–Kier alpha value is -1.23. The number of anilines is 1. The second-order valence-corrected chi connectivity index (χ2v) is 6.93. The van der Waals surface area contributed by atoms with Crippen molar-refractivity contribution in [1.82, 2.24) is 5.32 Å². The van der Waals surface area contributed by atoms with Crippen LogP contribution < -0.4 is 10.2 Å². The topological polar surface area (TPSA) is 15.3 Å². The lowest BCUT2D eigenvalue weighted by Crippen LogP contribution is -2.37. The minimum absolute atomic E-state index is 0.302. The molecule has 2 fully saturated rings. The third-order valence-electron chi connectivity index (χ3n) is 5.31. The van der Waals surface area contributed by atoms with Crippen LogP contribution in [-0.2, 0) is 0 Å². The first-order valence-corrected chi connectivity index (χ1v) is 8.62. The average molecular weight is 326 g/mol. The van der Waals surface area contributed by atoms with Crippen molar-refractivity contribution < 1.29 is 13.2 Å².